The lowest BCUT2D eigenvalue weighted by Crippen LogP contribution is -2.21. The lowest BCUT2D eigenvalue weighted by atomic mass is 10.0. The summed E-state index contributed by atoms with van der Waals surface area (Å²) in [7, 11) is 8.16. The number of rotatable bonds is 1. The maximum absolute atomic E-state index is 6.16. The third kappa shape index (κ3) is 2.29. The van der Waals surface area contributed by atoms with Crippen LogP contribution in [0.3, 0.4) is 0 Å². The predicted molar refractivity (Wildman–Crippen MR) is 89.0 cm³/mol. The second-order valence-electron chi connectivity index (χ2n) is 5.88. The molecule has 0 unspecified atom stereocenters. The molecule has 0 atom stereocenters. The van der Waals surface area contributed by atoms with Crippen LogP contribution >= 0.6 is 0 Å². The fraction of sp³-hybridized carbons (Fsp3) is 0.278. The van der Waals surface area contributed by atoms with Crippen LogP contribution in [0.1, 0.15) is 5.56 Å². The Morgan fingerprint density at radius 2 is 1.76 bits per heavy atom. The lowest BCUT2D eigenvalue weighted by molar-refractivity contribution is 0.615. The van der Waals surface area contributed by atoms with Crippen molar-refractivity contribution in [3.63, 3.8) is 0 Å². The van der Waals surface area contributed by atoms with Gasteiger partial charge in [-0.15, -0.1) is 0 Å². The zero-order valence-corrected chi connectivity index (χ0v) is 13.3. The summed E-state index contributed by atoms with van der Waals surface area (Å²) in [5, 5.41) is 2.32. The van der Waals surface area contributed by atoms with E-state index in [1.54, 1.807) is 0 Å². The maximum atomic E-state index is 6.16. The first-order valence-electron chi connectivity index (χ1n) is 7.12. The summed E-state index contributed by atoms with van der Waals surface area (Å²) in [6.07, 6.45) is 0. The van der Waals surface area contributed by atoms with Crippen LogP contribution < -0.4 is 14.8 Å². The molecule has 0 saturated carbocycles. The zero-order valence-electron chi connectivity index (χ0n) is 13.3. The van der Waals surface area contributed by atoms with Gasteiger partial charge in [0.1, 0.15) is 25.4 Å². The van der Waals surface area contributed by atoms with Crippen molar-refractivity contribution in [1.82, 2.24) is 4.58 Å². The number of hydrogen-bond donors (Lipinski definition) is 0. The number of aryl methyl sites for hydroxylation is 1. The standard InChI is InChI=1S/C18H21N2O/c1-12-15-8-6-13(19(2)3)10-17(15)21-18-11-14(20(4)5)7-9-16(12)18/h6-11H,1-5H3/q+1. The summed E-state index contributed by atoms with van der Waals surface area (Å²) < 4.78 is 8.24. The van der Waals surface area contributed by atoms with E-state index in [0.29, 0.717) is 0 Å². The molecule has 0 aromatic heterocycles. The minimum atomic E-state index is 0.933. The van der Waals surface area contributed by atoms with Crippen LogP contribution in [0.4, 0.5) is 5.69 Å². The van der Waals surface area contributed by atoms with Crippen LogP contribution in [0.15, 0.2) is 40.8 Å². The molecule has 0 radical (unpaired) electrons. The first-order chi connectivity index (χ1) is 9.97. The lowest BCUT2D eigenvalue weighted by Gasteiger charge is -2.15. The summed E-state index contributed by atoms with van der Waals surface area (Å²) in [5.74, 6) is 0.933. The van der Waals surface area contributed by atoms with Gasteiger partial charge in [-0.3, -0.25) is 0 Å². The van der Waals surface area contributed by atoms with E-state index in [4.69, 9.17) is 4.42 Å². The van der Waals surface area contributed by atoms with Crippen LogP contribution in [0.2, 0.25) is 0 Å². The molecule has 1 aromatic rings. The molecule has 3 heteroatoms. The molecule has 1 aliphatic heterocycles. The SMILES string of the molecule is Cc1c2ccc(=[N+](C)C)cc-2oc2cc(N(C)C)ccc12. The Labute approximate surface area is 125 Å². The normalized spacial score (nSPS) is 11.1. The molecule has 0 saturated heterocycles. The first-order valence-corrected chi connectivity index (χ1v) is 7.12. The van der Waals surface area contributed by atoms with Crippen LogP contribution in [0, 0.1) is 6.92 Å². The molecule has 0 spiro atoms. The molecule has 0 amide bonds. The quantitative estimate of drug-likeness (QED) is 0.504. The van der Waals surface area contributed by atoms with Gasteiger partial charge in [0.25, 0.3) is 0 Å². The van der Waals surface area contributed by atoms with Gasteiger partial charge >= 0.3 is 0 Å². The fourth-order valence-electron chi connectivity index (χ4n) is 2.63. The van der Waals surface area contributed by atoms with Crippen molar-refractivity contribution in [1.29, 1.82) is 0 Å². The minimum absolute atomic E-state index is 0.933. The summed E-state index contributed by atoms with van der Waals surface area (Å²) in [4.78, 5) is 2.09. The molecule has 3 rings (SSSR count). The maximum Gasteiger partial charge on any atom is 0.203 e. The van der Waals surface area contributed by atoms with Crippen molar-refractivity contribution in [2.45, 2.75) is 6.92 Å². The number of fused-ring (bicyclic) bond motifs is 2. The molecule has 0 bridgehead atoms. The summed E-state index contributed by atoms with van der Waals surface area (Å²) in [6.45, 7) is 2.16. The van der Waals surface area contributed by atoms with Gasteiger partial charge in [-0.05, 0) is 30.7 Å². The third-order valence-electron chi connectivity index (χ3n) is 3.99. The second kappa shape index (κ2) is 4.92. The van der Waals surface area contributed by atoms with Gasteiger partial charge in [0, 0.05) is 42.9 Å². The van der Waals surface area contributed by atoms with Crippen molar-refractivity contribution in [3.8, 4) is 11.3 Å². The highest BCUT2D eigenvalue weighted by molar-refractivity contribution is 5.89. The average molecular weight is 281 g/mol. The van der Waals surface area contributed by atoms with Crippen molar-refractivity contribution >= 4 is 16.7 Å². The minimum Gasteiger partial charge on any atom is -0.456 e. The fourth-order valence-corrected chi connectivity index (χ4v) is 2.63. The molecule has 0 N–H and O–H groups in total. The molecule has 1 aromatic carbocycles. The van der Waals surface area contributed by atoms with E-state index < -0.39 is 0 Å². The zero-order chi connectivity index (χ0) is 15.1. The van der Waals surface area contributed by atoms with Gasteiger partial charge in [0.2, 0.25) is 5.36 Å². The van der Waals surface area contributed by atoms with E-state index in [2.05, 4.69) is 52.8 Å². The Bertz CT molecular complexity index is 855. The third-order valence-corrected chi connectivity index (χ3v) is 3.99. The van der Waals surface area contributed by atoms with E-state index in [1.165, 1.54) is 16.5 Å². The van der Waals surface area contributed by atoms with Gasteiger partial charge in [-0.25, -0.2) is 4.58 Å². The number of nitrogens with zero attached hydrogens (tertiary/aromatic N) is 2. The topological polar surface area (TPSA) is 19.4 Å². The highest BCUT2D eigenvalue weighted by Crippen LogP contribution is 2.33. The number of hydrogen-bond acceptors (Lipinski definition) is 2. The molecule has 108 valence electrons. The Morgan fingerprint density at radius 1 is 1.00 bits per heavy atom. The molecule has 1 heterocycles. The van der Waals surface area contributed by atoms with Crippen LogP contribution in [-0.2, 0) is 0 Å². The van der Waals surface area contributed by atoms with E-state index in [0.717, 1.165) is 22.4 Å². The van der Waals surface area contributed by atoms with E-state index >= 15 is 0 Å². The van der Waals surface area contributed by atoms with Crippen molar-refractivity contribution in [2.75, 3.05) is 33.1 Å². The van der Waals surface area contributed by atoms with E-state index in [9.17, 15) is 0 Å². The molecule has 1 aliphatic carbocycles. The summed E-state index contributed by atoms with van der Waals surface area (Å²) >= 11 is 0. The smallest absolute Gasteiger partial charge is 0.203 e. The second-order valence-corrected chi connectivity index (χ2v) is 5.88. The summed E-state index contributed by atoms with van der Waals surface area (Å²) in [5.41, 5.74) is 4.52. The molecule has 2 aliphatic rings. The number of anilines is 1. The monoisotopic (exact) mass is 281 g/mol. The molecule has 21 heavy (non-hydrogen) atoms. The van der Waals surface area contributed by atoms with Gasteiger partial charge in [0.15, 0.2) is 0 Å². The van der Waals surface area contributed by atoms with Crippen LogP contribution in [0.5, 0.6) is 0 Å². The molecule has 0 fully saturated rings. The van der Waals surface area contributed by atoms with Gasteiger partial charge < -0.3 is 9.32 Å². The summed E-state index contributed by atoms with van der Waals surface area (Å²) in [6, 6.07) is 12.7. The Morgan fingerprint density at radius 3 is 2.43 bits per heavy atom. The molecular weight excluding hydrogens is 260 g/mol. The van der Waals surface area contributed by atoms with Crippen molar-refractivity contribution in [2.24, 2.45) is 0 Å². The first kappa shape index (κ1) is 13.7. The van der Waals surface area contributed by atoms with Crippen LogP contribution in [-0.4, -0.2) is 28.2 Å². The van der Waals surface area contributed by atoms with Crippen LogP contribution in [0.25, 0.3) is 22.3 Å². The molecule has 3 nitrogen and oxygen atoms in total. The highest BCUT2D eigenvalue weighted by atomic mass is 16.3. The largest absolute Gasteiger partial charge is 0.456 e. The average Bonchev–Trinajstić information content (AvgIpc) is 2.46. The highest BCUT2D eigenvalue weighted by Gasteiger charge is 2.14. The van der Waals surface area contributed by atoms with Gasteiger partial charge in [-0.1, -0.05) is 0 Å². The van der Waals surface area contributed by atoms with Crippen molar-refractivity contribution < 1.29 is 4.42 Å². The Hall–Kier alpha value is -2.29. The van der Waals surface area contributed by atoms with Gasteiger partial charge in [-0.2, -0.15) is 0 Å². The van der Waals surface area contributed by atoms with E-state index in [-0.39, 0.29) is 0 Å². The van der Waals surface area contributed by atoms with Gasteiger partial charge in [0.05, 0.1) is 6.07 Å². The predicted octanol–water partition coefficient (Wildman–Crippen LogP) is 2.94. The Kier molecular flexibility index (Phi) is 3.20. The van der Waals surface area contributed by atoms with Crippen molar-refractivity contribution in [3.05, 3.63) is 47.3 Å². The van der Waals surface area contributed by atoms with E-state index in [1.807, 2.05) is 28.2 Å². The molecular formula is C18H21N2O+. The number of benzene rings is 2. The Balaban J connectivity index is 2.39.